The van der Waals surface area contributed by atoms with Crippen molar-refractivity contribution in [1.29, 1.82) is 0 Å². The van der Waals surface area contributed by atoms with Gasteiger partial charge in [-0.15, -0.1) is 6.58 Å². The maximum atomic E-state index is 11.6. The highest BCUT2D eigenvalue weighted by Gasteiger charge is 2.50. The molecule has 0 saturated heterocycles. The van der Waals surface area contributed by atoms with Gasteiger partial charge in [0.15, 0.2) is 0 Å². The topological polar surface area (TPSA) is 26.3 Å². The highest BCUT2D eigenvalue weighted by Crippen LogP contribution is 2.52. The number of hydrogen-bond acceptors (Lipinski definition) is 2. The normalized spacial score (nSPS) is 37.9. The quantitative estimate of drug-likeness (QED) is 0.524. The number of hydrogen-bond donors (Lipinski definition) is 0. The third-order valence-electron chi connectivity index (χ3n) is 4.00. The first-order chi connectivity index (χ1) is 7.14. The Balaban J connectivity index is 1.88. The van der Waals surface area contributed by atoms with Crippen LogP contribution in [-0.4, -0.2) is 11.6 Å². The van der Waals surface area contributed by atoms with Gasteiger partial charge in [0.1, 0.15) is 5.60 Å². The van der Waals surface area contributed by atoms with E-state index in [-0.39, 0.29) is 11.6 Å². The summed E-state index contributed by atoms with van der Waals surface area (Å²) in [4.78, 5) is 11.6. The summed E-state index contributed by atoms with van der Waals surface area (Å²) in [5, 5.41) is 0. The Hall–Kier alpha value is -0.790. The Kier molecular flexibility index (Phi) is 2.85. The first-order valence-electron chi connectivity index (χ1n) is 5.97. The van der Waals surface area contributed by atoms with Crippen molar-refractivity contribution in [3.8, 4) is 0 Å². The summed E-state index contributed by atoms with van der Waals surface area (Å²) in [6, 6.07) is 0. The predicted molar refractivity (Wildman–Crippen MR) is 59.4 cm³/mol. The van der Waals surface area contributed by atoms with E-state index in [0.29, 0.717) is 12.3 Å². The molecule has 2 fully saturated rings. The molecular formula is C13H20O2. The van der Waals surface area contributed by atoms with Crippen LogP contribution in [-0.2, 0) is 9.53 Å². The molecule has 2 bridgehead atoms. The van der Waals surface area contributed by atoms with Gasteiger partial charge >= 0.3 is 5.97 Å². The summed E-state index contributed by atoms with van der Waals surface area (Å²) in [6.07, 6.45) is 7.91. The molecule has 84 valence electrons. The summed E-state index contributed by atoms with van der Waals surface area (Å²) in [6.45, 7) is 5.73. The van der Waals surface area contributed by atoms with Crippen molar-refractivity contribution in [2.45, 2.75) is 51.0 Å². The van der Waals surface area contributed by atoms with Crippen LogP contribution in [0.15, 0.2) is 12.7 Å². The van der Waals surface area contributed by atoms with E-state index >= 15 is 0 Å². The zero-order chi connectivity index (χ0) is 10.9. The van der Waals surface area contributed by atoms with Crippen LogP contribution in [0.4, 0.5) is 0 Å². The fourth-order valence-corrected chi connectivity index (χ4v) is 3.21. The van der Waals surface area contributed by atoms with Crippen LogP contribution in [0.1, 0.15) is 45.4 Å². The van der Waals surface area contributed by atoms with Crippen molar-refractivity contribution in [3.63, 3.8) is 0 Å². The smallest absolute Gasteiger partial charge is 0.306 e. The van der Waals surface area contributed by atoms with Gasteiger partial charge in [-0.05, 0) is 50.9 Å². The Morgan fingerprint density at radius 3 is 2.93 bits per heavy atom. The lowest BCUT2D eigenvalue weighted by Gasteiger charge is -2.33. The third-order valence-corrected chi connectivity index (χ3v) is 4.00. The fourth-order valence-electron chi connectivity index (χ4n) is 3.21. The molecule has 0 amide bonds. The average molecular weight is 208 g/mol. The molecule has 3 atom stereocenters. The molecule has 0 aromatic carbocycles. The number of carbonyl (C=O) groups excluding carboxylic acids is 1. The number of ether oxygens (including phenoxy) is 1. The lowest BCUT2D eigenvalue weighted by molar-refractivity contribution is -0.163. The van der Waals surface area contributed by atoms with Gasteiger partial charge in [0, 0.05) is 6.42 Å². The molecule has 2 aliphatic rings. The predicted octanol–water partition coefficient (Wildman–Crippen LogP) is 3.07. The Bertz CT molecular complexity index is 272. The van der Waals surface area contributed by atoms with Crippen molar-refractivity contribution in [1.82, 2.24) is 0 Å². The molecular weight excluding hydrogens is 188 g/mol. The molecule has 2 rings (SSSR count). The minimum absolute atomic E-state index is 0.0510. The zero-order valence-corrected chi connectivity index (χ0v) is 9.50. The lowest BCUT2D eigenvalue weighted by Crippen LogP contribution is -2.37. The number of fused-ring (bicyclic) bond motifs is 2. The second-order valence-electron chi connectivity index (χ2n) is 5.19. The van der Waals surface area contributed by atoms with E-state index in [1.165, 1.54) is 19.3 Å². The van der Waals surface area contributed by atoms with E-state index < -0.39 is 0 Å². The standard InChI is InChI=1S/C13H20O2/c1-3-4-5-12(14)15-13(2)9-10-6-7-11(13)8-10/h3,10-11H,1,4-9H2,2H3. The summed E-state index contributed by atoms with van der Waals surface area (Å²) in [5.74, 6) is 1.38. The molecule has 0 heterocycles. The molecule has 0 aliphatic heterocycles. The highest BCUT2D eigenvalue weighted by molar-refractivity contribution is 5.70. The van der Waals surface area contributed by atoms with Crippen LogP contribution < -0.4 is 0 Å². The molecule has 0 radical (unpaired) electrons. The highest BCUT2D eigenvalue weighted by atomic mass is 16.6. The molecule has 2 aliphatic carbocycles. The number of allylic oxidation sites excluding steroid dienone is 1. The molecule has 0 N–H and O–H groups in total. The molecule has 0 aromatic rings. The molecule has 0 spiro atoms. The van der Waals surface area contributed by atoms with E-state index in [9.17, 15) is 4.79 Å². The van der Waals surface area contributed by atoms with Crippen LogP contribution in [0, 0.1) is 11.8 Å². The molecule has 2 nitrogen and oxygen atoms in total. The molecule has 2 heteroatoms. The van der Waals surface area contributed by atoms with Gasteiger partial charge in [0.25, 0.3) is 0 Å². The Morgan fingerprint density at radius 2 is 2.40 bits per heavy atom. The van der Waals surface area contributed by atoms with Crippen molar-refractivity contribution in [2.75, 3.05) is 0 Å². The minimum Gasteiger partial charge on any atom is -0.459 e. The fraction of sp³-hybridized carbons (Fsp3) is 0.769. The monoisotopic (exact) mass is 208 g/mol. The average Bonchev–Trinajstić information content (AvgIpc) is 2.73. The second kappa shape index (κ2) is 3.99. The van der Waals surface area contributed by atoms with Crippen LogP contribution in [0.5, 0.6) is 0 Å². The molecule has 15 heavy (non-hydrogen) atoms. The van der Waals surface area contributed by atoms with Crippen molar-refractivity contribution < 1.29 is 9.53 Å². The van der Waals surface area contributed by atoms with Crippen molar-refractivity contribution in [3.05, 3.63) is 12.7 Å². The van der Waals surface area contributed by atoms with Gasteiger partial charge in [0.05, 0.1) is 0 Å². The van der Waals surface area contributed by atoms with Gasteiger partial charge in [0.2, 0.25) is 0 Å². The van der Waals surface area contributed by atoms with E-state index in [0.717, 1.165) is 18.8 Å². The van der Waals surface area contributed by atoms with E-state index in [1.807, 2.05) is 0 Å². The first kappa shape index (κ1) is 10.7. The Labute approximate surface area is 91.7 Å². The van der Waals surface area contributed by atoms with Crippen molar-refractivity contribution in [2.24, 2.45) is 11.8 Å². The largest absolute Gasteiger partial charge is 0.459 e. The number of esters is 1. The van der Waals surface area contributed by atoms with E-state index in [4.69, 9.17) is 4.74 Å². The van der Waals surface area contributed by atoms with Crippen LogP contribution >= 0.6 is 0 Å². The van der Waals surface area contributed by atoms with Crippen molar-refractivity contribution >= 4 is 5.97 Å². The van der Waals surface area contributed by atoms with E-state index in [1.54, 1.807) is 6.08 Å². The minimum atomic E-state index is -0.152. The van der Waals surface area contributed by atoms with Crippen LogP contribution in [0.25, 0.3) is 0 Å². The molecule has 2 saturated carbocycles. The second-order valence-corrected chi connectivity index (χ2v) is 5.19. The third kappa shape index (κ3) is 2.09. The van der Waals surface area contributed by atoms with Gasteiger partial charge in [-0.25, -0.2) is 0 Å². The zero-order valence-electron chi connectivity index (χ0n) is 9.50. The summed E-state index contributed by atoms with van der Waals surface area (Å²) >= 11 is 0. The molecule has 3 unspecified atom stereocenters. The maximum Gasteiger partial charge on any atom is 0.306 e. The first-order valence-corrected chi connectivity index (χ1v) is 5.97. The van der Waals surface area contributed by atoms with Crippen LogP contribution in [0.2, 0.25) is 0 Å². The van der Waals surface area contributed by atoms with E-state index in [2.05, 4.69) is 13.5 Å². The lowest BCUT2D eigenvalue weighted by atomic mass is 9.86. The Morgan fingerprint density at radius 1 is 1.60 bits per heavy atom. The van der Waals surface area contributed by atoms with Gasteiger partial charge in [-0.3, -0.25) is 4.79 Å². The summed E-state index contributed by atoms with van der Waals surface area (Å²) in [7, 11) is 0. The van der Waals surface area contributed by atoms with Gasteiger partial charge in [-0.2, -0.15) is 0 Å². The van der Waals surface area contributed by atoms with Crippen LogP contribution in [0.3, 0.4) is 0 Å². The number of rotatable bonds is 4. The SMILES string of the molecule is C=CCCC(=O)OC1(C)CC2CCC1C2. The molecule has 0 aromatic heterocycles. The van der Waals surface area contributed by atoms with Gasteiger partial charge in [-0.1, -0.05) is 6.08 Å². The maximum absolute atomic E-state index is 11.6. The summed E-state index contributed by atoms with van der Waals surface area (Å²) in [5.41, 5.74) is -0.152. The number of carbonyl (C=O) groups is 1. The summed E-state index contributed by atoms with van der Waals surface area (Å²) < 4.78 is 5.65. The van der Waals surface area contributed by atoms with Gasteiger partial charge < -0.3 is 4.74 Å².